The van der Waals surface area contributed by atoms with E-state index in [1.807, 2.05) is 43.3 Å². The molecule has 0 amide bonds. The van der Waals surface area contributed by atoms with Gasteiger partial charge in [-0.15, -0.1) is 0 Å². The van der Waals surface area contributed by atoms with E-state index in [4.69, 9.17) is 0 Å². The van der Waals surface area contributed by atoms with Gasteiger partial charge in [-0.25, -0.2) is 4.39 Å². The van der Waals surface area contributed by atoms with Gasteiger partial charge in [0.1, 0.15) is 5.82 Å². The van der Waals surface area contributed by atoms with Crippen molar-refractivity contribution in [3.05, 3.63) is 59.4 Å². The van der Waals surface area contributed by atoms with Gasteiger partial charge in [0.2, 0.25) is 0 Å². The van der Waals surface area contributed by atoms with Crippen LogP contribution in [0.3, 0.4) is 0 Å². The van der Waals surface area contributed by atoms with Crippen LogP contribution < -0.4 is 4.90 Å². The predicted molar refractivity (Wildman–Crippen MR) is 86.3 cm³/mol. The van der Waals surface area contributed by atoms with Crippen molar-refractivity contribution in [2.75, 3.05) is 18.0 Å². The van der Waals surface area contributed by atoms with E-state index < -0.39 is 0 Å². The van der Waals surface area contributed by atoms with Crippen molar-refractivity contribution >= 4 is 17.6 Å². The molecule has 3 rings (SSSR count). The molecule has 1 aliphatic rings. The average Bonchev–Trinajstić information content (AvgIpc) is 3.03. The number of hydrogen-bond acceptors (Lipinski definition) is 2. The highest BCUT2D eigenvalue weighted by Gasteiger charge is 2.17. The van der Waals surface area contributed by atoms with Crippen LogP contribution in [0.25, 0.3) is 0 Å². The molecule has 0 aromatic heterocycles. The summed E-state index contributed by atoms with van der Waals surface area (Å²) in [5.41, 5.74) is 3.49. The first-order valence-electron chi connectivity index (χ1n) is 7.38. The number of aryl methyl sites for hydroxylation is 1. The van der Waals surface area contributed by atoms with Crippen LogP contribution in [0.1, 0.15) is 24.0 Å². The zero-order chi connectivity index (χ0) is 14.7. The zero-order valence-electron chi connectivity index (χ0n) is 12.2. The number of benzene rings is 2. The molecule has 2 aromatic carbocycles. The van der Waals surface area contributed by atoms with Crippen molar-refractivity contribution in [2.24, 2.45) is 4.99 Å². The molecule has 21 heavy (non-hydrogen) atoms. The van der Waals surface area contributed by atoms with Gasteiger partial charge in [-0.05, 0) is 55.2 Å². The molecule has 1 fully saturated rings. The van der Waals surface area contributed by atoms with Crippen molar-refractivity contribution in [1.29, 1.82) is 0 Å². The quantitative estimate of drug-likeness (QED) is 0.758. The molecule has 0 unspecified atom stereocenters. The first kappa shape index (κ1) is 13.8. The second-order valence-electron chi connectivity index (χ2n) is 5.45. The molecular weight excluding hydrogens is 263 g/mol. The van der Waals surface area contributed by atoms with Crippen LogP contribution in [-0.2, 0) is 0 Å². The van der Waals surface area contributed by atoms with Crippen molar-refractivity contribution in [1.82, 2.24) is 0 Å². The molecule has 1 heterocycles. The SMILES string of the molecule is Cc1cc(N2CCCC2)c(F)cc1C=Nc1ccccc1. The Morgan fingerprint density at radius 3 is 2.52 bits per heavy atom. The second-order valence-corrected chi connectivity index (χ2v) is 5.45. The van der Waals surface area contributed by atoms with Crippen LogP contribution in [0.2, 0.25) is 0 Å². The van der Waals surface area contributed by atoms with Crippen molar-refractivity contribution in [3.63, 3.8) is 0 Å². The molecule has 1 saturated heterocycles. The van der Waals surface area contributed by atoms with Crippen LogP contribution >= 0.6 is 0 Å². The maximum atomic E-state index is 14.3. The van der Waals surface area contributed by atoms with E-state index in [9.17, 15) is 4.39 Å². The molecule has 2 nitrogen and oxygen atoms in total. The highest BCUT2D eigenvalue weighted by atomic mass is 19.1. The number of para-hydroxylation sites is 1. The van der Waals surface area contributed by atoms with Gasteiger partial charge in [-0.2, -0.15) is 0 Å². The Labute approximate surface area is 124 Å². The summed E-state index contributed by atoms with van der Waals surface area (Å²) >= 11 is 0. The molecule has 0 bridgehead atoms. The molecule has 0 spiro atoms. The lowest BCUT2D eigenvalue weighted by molar-refractivity contribution is 0.622. The Kier molecular flexibility index (Phi) is 4.00. The topological polar surface area (TPSA) is 15.6 Å². The van der Waals surface area contributed by atoms with Crippen LogP contribution in [0.15, 0.2) is 47.5 Å². The van der Waals surface area contributed by atoms with Gasteiger partial charge in [0, 0.05) is 19.3 Å². The summed E-state index contributed by atoms with van der Waals surface area (Å²) in [6, 6.07) is 13.2. The molecule has 2 aromatic rings. The summed E-state index contributed by atoms with van der Waals surface area (Å²) < 4.78 is 14.3. The highest BCUT2D eigenvalue weighted by molar-refractivity contribution is 5.84. The monoisotopic (exact) mass is 282 g/mol. The lowest BCUT2D eigenvalue weighted by Gasteiger charge is -2.19. The molecule has 0 saturated carbocycles. The van der Waals surface area contributed by atoms with Gasteiger partial charge >= 0.3 is 0 Å². The standard InChI is InChI=1S/C18H19FN2/c1-14-11-18(21-9-5-6-10-21)17(19)12-15(14)13-20-16-7-3-2-4-8-16/h2-4,7-8,11-13H,5-6,9-10H2,1H3. The Bertz CT molecular complexity index is 644. The lowest BCUT2D eigenvalue weighted by atomic mass is 10.1. The minimum absolute atomic E-state index is 0.156. The van der Waals surface area contributed by atoms with Gasteiger partial charge < -0.3 is 4.90 Å². The number of halogens is 1. The minimum atomic E-state index is -0.156. The molecule has 0 radical (unpaired) electrons. The summed E-state index contributed by atoms with van der Waals surface area (Å²) in [7, 11) is 0. The van der Waals surface area contributed by atoms with Gasteiger partial charge in [0.25, 0.3) is 0 Å². The van der Waals surface area contributed by atoms with Crippen molar-refractivity contribution in [2.45, 2.75) is 19.8 Å². The fourth-order valence-corrected chi connectivity index (χ4v) is 2.68. The summed E-state index contributed by atoms with van der Waals surface area (Å²) in [5, 5.41) is 0. The van der Waals surface area contributed by atoms with Crippen LogP contribution in [0, 0.1) is 12.7 Å². The zero-order valence-corrected chi connectivity index (χ0v) is 12.2. The second kappa shape index (κ2) is 6.08. The first-order chi connectivity index (χ1) is 10.2. The Balaban J connectivity index is 1.86. The lowest BCUT2D eigenvalue weighted by Crippen LogP contribution is -2.19. The maximum Gasteiger partial charge on any atom is 0.147 e. The van der Waals surface area contributed by atoms with E-state index >= 15 is 0 Å². The smallest absolute Gasteiger partial charge is 0.147 e. The molecule has 1 aliphatic heterocycles. The van der Waals surface area contributed by atoms with E-state index in [0.717, 1.165) is 48.4 Å². The number of aliphatic imine (C=N–C) groups is 1. The number of hydrogen-bond donors (Lipinski definition) is 0. The van der Waals surface area contributed by atoms with Crippen molar-refractivity contribution in [3.8, 4) is 0 Å². The van der Waals surface area contributed by atoms with Crippen molar-refractivity contribution < 1.29 is 4.39 Å². The molecule has 3 heteroatoms. The molecule has 0 N–H and O–H groups in total. The summed E-state index contributed by atoms with van der Waals surface area (Å²) in [5.74, 6) is -0.156. The summed E-state index contributed by atoms with van der Waals surface area (Å²) in [4.78, 5) is 6.53. The Morgan fingerprint density at radius 2 is 1.81 bits per heavy atom. The largest absolute Gasteiger partial charge is 0.369 e. The fraction of sp³-hybridized carbons (Fsp3) is 0.278. The third-order valence-electron chi connectivity index (χ3n) is 3.89. The summed E-state index contributed by atoms with van der Waals surface area (Å²) in [6.07, 6.45) is 4.03. The van der Waals surface area contributed by atoms with Gasteiger partial charge in [0.15, 0.2) is 0 Å². The third-order valence-corrected chi connectivity index (χ3v) is 3.89. The van der Waals surface area contributed by atoms with Gasteiger partial charge in [0.05, 0.1) is 11.4 Å². The minimum Gasteiger partial charge on any atom is -0.369 e. The number of rotatable bonds is 3. The molecule has 0 atom stereocenters. The van der Waals surface area contributed by atoms with Gasteiger partial charge in [-0.1, -0.05) is 18.2 Å². The normalized spacial score (nSPS) is 15.0. The maximum absolute atomic E-state index is 14.3. The average molecular weight is 282 g/mol. The van der Waals surface area contributed by atoms with E-state index in [1.54, 1.807) is 12.3 Å². The Morgan fingerprint density at radius 1 is 1.10 bits per heavy atom. The first-order valence-corrected chi connectivity index (χ1v) is 7.38. The van der Waals surface area contributed by atoms with Crippen LogP contribution in [-0.4, -0.2) is 19.3 Å². The number of anilines is 1. The van der Waals surface area contributed by atoms with Crippen LogP contribution in [0.4, 0.5) is 15.8 Å². The van der Waals surface area contributed by atoms with Crippen LogP contribution in [0.5, 0.6) is 0 Å². The molecule has 0 aliphatic carbocycles. The van der Waals surface area contributed by atoms with Gasteiger partial charge in [-0.3, -0.25) is 4.99 Å². The van der Waals surface area contributed by atoms with E-state index in [0.29, 0.717) is 0 Å². The third kappa shape index (κ3) is 3.13. The fourth-order valence-electron chi connectivity index (χ4n) is 2.68. The van der Waals surface area contributed by atoms with E-state index in [2.05, 4.69) is 9.89 Å². The molecular formula is C18H19FN2. The summed E-state index contributed by atoms with van der Waals surface area (Å²) in [6.45, 7) is 3.91. The Hall–Kier alpha value is -2.16. The molecule has 108 valence electrons. The highest BCUT2D eigenvalue weighted by Crippen LogP contribution is 2.26. The van der Waals surface area contributed by atoms with E-state index in [1.165, 1.54) is 0 Å². The van der Waals surface area contributed by atoms with E-state index in [-0.39, 0.29) is 5.82 Å². The number of nitrogens with zero attached hydrogens (tertiary/aromatic N) is 2. The predicted octanol–water partition coefficient (Wildman–Crippen LogP) is 4.48.